The summed E-state index contributed by atoms with van der Waals surface area (Å²) in [5.41, 5.74) is 5.33. The normalized spacial score (nSPS) is 15.0. The van der Waals surface area contributed by atoms with Crippen LogP contribution in [0, 0.1) is 5.92 Å². The topological polar surface area (TPSA) is 6.48 Å². The van der Waals surface area contributed by atoms with Crippen molar-refractivity contribution in [1.82, 2.24) is 4.90 Å². The summed E-state index contributed by atoms with van der Waals surface area (Å²) in [7, 11) is 2.19. The SMILES string of the molecule is C=C(C1CCC1)N(CC)c1cccc(/C(=C/N(C)CCCC)CC)c1. The molecule has 0 saturated heterocycles. The lowest BCUT2D eigenvalue weighted by atomic mass is 9.82. The van der Waals surface area contributed by atoms with Crippen LogP contribution in [0.1, 0.15) is 64.9 Å². The predicted molar refractivity (Wildman–Crippen MR) is 112 cm³/mol. The first-order chi connectivity index (χ1) is 12.1. The van der Waals surface area contributed by atoms with Crippen molar-refractivity contribution in [2.24, 2.45) is 5.92 Å². The molecule has 25 heavy (non-hydrogen) atoms. The van der Waals surface area contributed by atoms with Crippen molar-refractivity contribution < 1.29 is 0 Å². The van der Waals surface area contributed by atoms with E-state index in [0.29, 0.717) is 5.92 Å². The monoisotopic (exact) mass is 340 g/mol. The highest BCUT2D eigenvalue weighted by molar-refractivity contribution is 5.69. The molecule has 0 unspecified atom stereocenters. The fourth-order valence-corrected chi connectivity index (χ4v) is 3.49. The van der Waals surface area contributed by atoms with Gasteiger partial charge in [0.15, 0.2) is 0 Å². The van der Waals surface area contributed by atoms with Gasteiger partial charge in [0.05, 0.1) is 0 Å². The standard InChI is InChI=1S/C23H36N2/c1-6-9-16-24(5)18-20(7-2)22-14-11-15-23(17-22)25(8-3)19(4)21-12-10-13-21/h11,14-15,17-18,21H,4,6-10,12-13,16H2,1-3,5H3/b20-18+. The van der Waals surface area contributed by atoms with E-state index in [1.165, 1.54) is 54.6 Å². The second-order valence-electron chi connectivity index (χ2n) is 7.26. The fraction of sp³-hybridized carbons (Fsp3) is 0.565. The van der Waals surface area contributed by atoms with Gasteiger partial charge in [0.1, 0.15) is 0 Å². The van der Waals surface area contributed by atoms with Crippen molar-refractivity contribution in [3.8, 4) is 0 Å². The maximum atomic E-state index is 4.40. The lowest BCUT2D eigenvalue weighted by Gasteiger charge is -2.35. The molecule has 1 fully saturated rings. The van der Waals surface area contributed by atoms with Gasteiger partial charge >= 0.3 is 0 Å². The summed E-state index contributed by atoms with van der Waals surface area (Å²) in [5.74, 6) is 0.685. The maximum Gasteiger partial charge on any atom is 0.0414 e. The number of rotatable bonds is 10. The van der Waals surface area contributed by atoms with Gasteiger partial charge in [-0.3, -0.25) is 0 Å². The average molecular weight is 341 g/mol. The quantitative estimate of drug-likeness (QED) is 0.492. The molecule has 0 bridgehead atoms. The van der Waals surface area contributed by atoms with Crippen molar-refractivity contribution in [3.05, 3.63) is 48.3 Å². The molecule has 2 rings (SSSR count). The number of hydrogen-bond donors (Lipinski definition) is 0. The number of allylic oxidation sites excluding steroid dienone is 2. The van der Waals surface area contributed by atoms with Gasteiger partial charge in [-0.05, 0) is 61.8 Å². The van der Waals surface area contributed by atoms with Crippen LogP contribution in [-0.2, 0) is 0 Å². The van der Waals surface area contributed by atoms with Gasteiger partial charge in [-0.15, -0.1) is 0 Å². The van der Waals surface area contributed by atoms with Crippen LogP contribution < -0.4 is 4.90 Å². The Hall–Kier alpha value is -1.70. The first-order valence-electron chi connectivity index (χ1n) is 10.1. The fourth-order valence-electron chi connectivity index (χ4n) is 3.49. The molecule has 2 heteroatoms. The number of nitrogens with zero attached hydrogens (tertiary/aromatic N) is 2. The van der Waals surface area contributed by atoms with Crippen molar-refractivity contribution >= 4 is 11.3 Å². The van der Waals surface area contributed by atoms with E-state index in [1.54, 1.807) is 0 Å². The van der Waals surface area contributed by atoms with E-state index >= 15 is 0 Å². The van der Waals surface area contributed by atoms with Gasteiger partial charge in [-0.25, -0.2) is 0 Å². The molecule has 138 valence electrons. The summed E-state index contributed by atoms with van der Waals surface area (Å²) in [6.45, 7) is 13.2. The summed E-state index contributed by atoms with van der Waals surface area (Å²) in [4.78, 5) is 4.74. The van der Waals surface area contributed by atoms with E-state index in [-0.39, 0.29) is 0 Å². The summed E-state index contributed by atoms with van der Waals surface area (Å²) < 4.78 is 0. The molecule has 0 aromatic heterocycles. The van der Waals surface area contributed by atoms with Crippen LogP contribution in [0.3, 0.4) is 0 Å². The molecule has 1 aromatic carbocycles. The summed E-state index contributed by atoms with van der Waals surface area (Å²) in [6, 6.07) is 9.00. The van der Waals surface area contributed by atoms with Crippen molar-refractivity contribution in [2.75, 3.05) is 25.0 Å². The lowest BCUT2D eigenvalue weighted by Crippen LogP contribution is -2.29. The van der Waals surface area contributed by atoms with Crippen LogP contribution in [-0.4, -0.2) is 25.0 Å². The zero-order valence-electron chi connectivity index (χ0n) is 16.7. The van der Waals surface area contributed by atoms with E-state index in [2.05, 4.69) is 74.7 Å². The highest BCUT2D eigenvalue weighted by atomic mass is 15.1. The Labute approximate surface area is 155 Å². The third kappa shape index (κ3) is 5.14. The maximum absolute atomic E-state index is 4.40. The van der Waals surface area contributed by atoms with Crippen LogP contribution >= 0.6 is 0 Å². The third-order valence-corrected chi connectivity index (χ3v) is 5.39. The second-order valence-corrected chi connectivity index (χ2v) is 7.26. The highest BCUT2D eigenvalue weighted by Gasteiger charge is 2.24. The molecular weight excluding hydrogens is 304 g/mol. The molecular formula is C23H36N2. The van der Waals surface area contributed by atoms with Crippen LogP contribution in [0.15, 0.2) is 42.7 Å². The number of unbranched alkanes of at least 4 members (excludes halogenated alkanes) is 1. The molecule has 0 heterocycles. The average Bonchev–Trinajstić information content (AvgIpc) is 2.57. The largest absolute Gasteiger partial charge is 0.380 e. The Morgan fingerprint density at radius 3 is 2.56 bits per heavy atom. The molecule has 2 nitrogen and oxygen atoms in total. The van der Waals surface area contributed by atoms with Crippen LogP contribution in [0.4, 0.5) is 5.69 Å². The molecule has 0 spiro atoms. The molecule has 1 aliphatic rings. The van der Waals surface area contributed by atoms with E-state index in [0.717, 1.165) is 19.5 Å². The van der Waals surface area contributed by atoms with Crippen molar-refractivity contribution in [3.63, 3.8) is 0 Å². The molecule has 0 radical (unpaired) electrons. The summed E-state index contributed by atoms with van der Waals surface area (Å²) in [6.07, 6.45) is 9.82. The van der Waals surface area contributed by atoms with E-state index in [4.69, 9.17) is 0 Å². The minimum atomic E-state index is 0.685. The molecule has 0 atom stereocenters. The molecule has 1 aromatic rings. The Bertz CT molecular complexity index is 584. The highest BCUT2D eigenvalue weighted by Crippen LogP contribution is 2.36. The van der Waals surface area contributed by atoms with E-state index in [9.17, 15) is 0 Å². The van der Waals surface area contributed by atoms with Gasteiger partial charge in [-0.1, -0.05) is 45.4 Å². The number of anilines is 1. The molecule has 0 aliphatic heterocycles. The molecule has 1 aliphatic carbocycles. The summed E-state index contributed by atoms with van der Waals surface area (Å²) >= 11 is 0. The van der Waals surface area contributed by atoms with E-state index in [1.807, 2.05) is 0 Å². The van der Waals surface area contributed by atoms with Gasteiger partial charge < -0.3 is 9.80 Å². The van der Waals surface area contributed by atoms with Crippen LogP contribution in [0.25, 0.3) is 5.57 Å². The Kier molecular flexibility index (Phi) is 7.61. The zero-order chi connectivity index (χ0) is 18.2. The van der Waals surface area contributed by atoms with Gasteiger partial charge in [0.25, 0.3) is 0 Å². The lowest BCUT2D eigenvalue weighted by molar-refractivity contribution is 0.361. The van der Waals surface area contributed by atoms with E-state index < -0.39 is 0 Å². The third-order valence-electron chi connectivity index (χ3n) is 5.39. The zero-order valence-corrected chi connectivity index (χ0v) is 16.7. The summed E-state index contributed by atoms with van der Waals surface area (Å²) in [5, 5.41) is 0. The van der Waals surface area contributed by atoms with Crippen molar-refractivity contribution in [2.45, 2.75) is 59.3 Å². The first kappa shape index (κ1) is 19.6. The van der Waals surface area contributed by atoms with Crippen LogP contribution in [0.2, 0.25) is 0 Å². The first-order valence-corrected chi connectivity index (χ1v) is 10.1. The predicted octanol–water partition coefficient (Wildman–Crippen LogP) is 6.31. The minimum absolute atomic E-state index is 0.685. The minimum Gasteiger partial charge on any atom is -0.380 e. The number of hydrogen-bond acceptors (Lipinski definition) is 2. The molecule has 0 amide bonds. The molecule has 1 saturated carbocycles. The Balaban J connectivity index is 2.20. The second kappa shape index (κ2) is 9.70. The van der Waals surface area contributed by atoms with Gasteiger partial charge in [-0.2, -0.15) is 0 Å². The molecule has 0 N–H and O–H groups in total. The smallest absolute Gasteiger partial charge is 0.0414 e. The Morgan fingerprint density at radius 1 is 1.24 bits per heavy atom. The van der Waals surface area contributed by atoms with Crippen LogP contribution in [0.5, 0.6) is 0 Å². The van der Waals surface area contributed by atoms with Gasteiger partial charge in [0.2, 0.25) is 0 Å². The Morgan fingerprint density at radius 2 is 2.00 bits per heavy atom. The van der Waals surface area contributed by atoms with Gasteiger partial charge in [0, 0.05) is 37.7 Å². The number of benzene rings is 1. The van der Waals surface area contributed by atoms with Crippen molar-refractivity contribution in [1.29, 1.82) is 0 Å².